The zero-order chi connectivity index (χ0) is 12.3. The molecule has 1 saturated heterocycles. The molecule has 1 fully saturated rings. The molecular formula is C15H23NO. The van der Waals surface area contributed by atoms with E-state index in [1.54, 1.807) is 0 Å². The summed E-state index contributed by atoms with van der Waals surface area (Å²) in [4.78, 5) is 2.38. The first-order valence-electron chi connectivity index (χ1n) is 6.59. The van der Waals surface area contributed by atoms with Gasteiger partial charge in [-0.3, -0.25) is 4.90 Å². The fourth-order valence-corrected chi connectivity index (χ4v) is 2.66. The lowest BCUT2D eigenvalue weighted by molar-refractivity contribution is 0.0224. The Morgan fingerprint density at radius 1 is 1.24 bits per heavy atom. The van der Waals surface area contributed by atoms with E-state index in [1.807, 2.05) is 6.07 Å². The average Bonchev–Trinajstić information content (AvgIpc) is 2.29. The smallest absolute Gasteiger partial charge is 0.0670 e. The molecular weight excluding hydrogens is 210 g/mol. The monoisotopic (exact) mass is 233 g/mol. The van der Waals surface area contributed by atoms with Crippen LogP contribution < -0.4 is 0 Å². The van der Waals surface area contributed by atoms with Crippen molar-refractivity contribution >= 4 is 0 Å². The first-order chi connectivity index (χ1) is 8.15. The van der Waals surface area contributed by atoms with Crippen LogP contribution in [0, 0.1) is 11.8 Å². The van der Waals surface area contributed by atoms with Crippen molar-refractivity contribution in [3.63, 3.8) is 0 Å². The Labute approximate surface area is 104 Å². The van der Waals surface area contributed by atoms with Gasteiger partial charge in [0.25, 0.3) is 0 Å². The molecule has 1 aromatic carbocycles. The summed E-state index contributed by atoms with van der Waals surface area (Å²) in [6.45, 7) is 7.40. The number of β-amino-alcohol motifs (C(OH)–C–C–N with tert-alkyl or cyclic N) is 1. The van der Waals surface area contributed by atoms with E-state index < -0.39 is 0 Å². The predicted molar refractivity (Wildman–Crippen MR) is 70.7 cm³/mol. The van der Waals surface area contributed by atoms with Crippen molar-refractivity contribution in [2.75, 3.05) is 13.1 Å². The molecule has 0 bridgehead atoms. The Morgan fingerprint density at radius 3 is 2.59 bits per heavy atom. The van der Waals surface area contributed by atoms with Crippen LogP contribution in [-0.4, -0.2) is 29.2 Å². The van der Waals surface area contributed by atoms with Crippen molar-refractivity contribution in [3.8, 4) is 0 Å². The van der Waals surface area contributed by atoms with E-state index in [4.69, 9.17) is 0 Å². The van der Waals surface area contributed by atoms with Crippen molar-refractivity contribution in [3.05, 3.63) is 35.9 Å². The van der Waals surface area contributed by atoms with Gasteiger partial charge in [0, 0.05) is 19.6 Å². The number of hydrogen-bond acceptors (Lipinski definition) is 2. The lowest BCUT2D eigenvalue weighted by Crippen LogP contribution is -2.44. The number of hydrogen-bond donors (Lipinski definition) is 1. The summed E-state index contributed by atoms with van der Waals surface area (Å²) < 4.78 is 0. The van der Waals surface area contributed by atoms with Crippen LogP contribution in [0.4, 0.5) is 0 Å². The molecule has 17 heavy (non-hydrogen) atoms. The molecule has 0 amide bonds. The minimum atomic E-state index is -0.153. The summed E-state index contributed by atoms with van der Waals surface area (Å²) in [6.07, 6.45) is 0.808. The molecule has 0 aromatic heterocycles. The van der Waals surface area contributed by atoms with E-state index in [-0.39, 0.29) is 6.10 Å². The Hall–Kier alpha value is -0.860. The molecule has 0 aliphatic carbocycles. The van der Waals surface area contributed by atoms with Crippen molar-refractivity contribution in [2.45, 2.75) is 32.9 Å². The van der Waals surface area contributed by atoms with Gasteiger partial charge in [0.05, 0.1) is 6.10 Å². The third-order valence-electron chi connectivity index (χ3n) is 3.73. The summed E-state index contributed by atoms with van der Waals surface area (Å²) in [6, 6.07) is 10.5. The summed E-state index contributed by atoms with van der Waals surface area (Å²) >= 11 is 0. The SMILES string of the molecule is CC(C)[C@H]1C[C@@H](O)CN(Cc2ccccc2)C1. The molecule has 1 aliphatic heterocycles. The first kappa shape index (κ1) is 12.6. The molecule has 0 spiro atoms. The summed E-state index contributed by atoms with van der Waals surface area (Å²) in [5.41, 5.74) is 1.34. The highest BCUT2D eigenvalue weighted by Crippen LogP contribution is 2.24. The van der Waals surface area contributed by atoms with Gasteiger partial charge >= 0.3 is 0 Å². The van der Waals surface area contributed by atoms with E-state index in [0.717, 1.165) is 26.1 Å². The molecule has 2 nitrogen and oxygen atoms in total. The molecule has 1 N–H and O–H groups in total. The maximum Gasteiger partial charge on any atom is 0.0670 e. The molecule has 1 heterocycles. The van der Waals surface area contributed by atoms with Crippen LogP contribution >= 0.6 is 0 Å². The lowest BCUT2D eigenvalue weighted by Gasteiger charge is -2.37. The number of piperidine rings is 1. The number of likely N-dealkylation sites (tertiary alicyclic amines) is 1. The molecule has 0 radical (unpaired) electrons. The lowest BCUT2D eigenvalue weighted by atomic mass is 9.86. The van der Waals surface area contributed by atoms with Gasteiger partial charge in [-0.1, -0.05) is 44.2 Å². The van der Waals surface area contributed by atoms with Gasteiger partial charge in [0.1, 0.15) is 0 Å². The second-order valence-corrected chi connectivity index (χ2v) is 5.57. The number of benzene rings is 1. The van der Waals surface area contributed by atoms with Crippen molar-refractivity contribution in [1.29, 1.82) is 0 Å². The molecule has 0 saturated carbocycles. The highest BCUT2D eigenvalue weighted by atomic mass is 16.3. The molecule has 1 aromatic rings. The van der Waals surface area contributed by atoms with Gasteiger partial charge in [-0.25, -0.2) is 0 Å². The van der Waals surface area contributed by atoms with Crippen LogP contribution in [-0.2, 0) is 6.54 Å². The van der Waals surface area contributed by atoms with Crippen molar-refractivity contribution in [2.24, 2.45) is 11.8 Å². The Morgan fingerprint density at radius 2 is 1.94 bits per heavy atom. The van der Waals surface area contributed by atoms with Crippen LogP contribution in [0.25, 0.3) is 0 Å². The van der Waals surface area contributed by atoms with Crippen LogP contribution in [0.15, 0.2) is 30.3 Å². The first-order valence-corrected chi connectivity index (χ1v) is 6.59. The molecule has 2 rings (SSSR count). The van der Waals surface area contributed by atoms with E-state index >= 15 is 0 Å². The highest BCUT2D eigenvalue weighted by Gasteiger charge is 2.27. The predicted octanol–water partition coefficient (Wildman–Crippen LogP) is 2.53. The average molecular weight is 233 g/mol. The van der Waals surface area contributed by atoms with Gasteiger partial charge in [-0.15, -0.1) is 0 Å². The third kappa shape index (κ3) is 3.55. The van der Waals surface area contributed by atoms with Gasteiger partial charge in [0.2, 0.25) is 0 Å². The van der Waals surface area contributed by atoms with E-state index in [9.17, 15) is 5.11 Å². The van der Waals surface area contributed by atoms with Crippen LogP contribution in [0.5, 0.6) is 0 Å². The minimum absolute atomic E-state index is 0.153. The Kier molecular flexibility index (Phi) is 4.19. The van der Waals surface area contributed by atoms with Crippen LogP contribution in [0.2, 0.25) is 0 Å². The van der Waals surface area contributed by atoms with E-state index in [1.165, 1.54) is 5.56 Å². The highest BCUT2D eigenvalue weighted by molar-refractivity contribution is 5.14. The van der Waals surface area contributed by atoms with Gasteiger partial charge in [-0.05, 0) is 23.8 Å². The van der Waals surface area contributed by atoms with E-state index in [2.05, 4.69) is 43.0 Å². The maximum absolute atomic E-state index is 9.94. The van der Waals surface area contributed by atoms with Crippen molar-refractivity contribution < 1.29 is 5.11 Å². The fourth-order valence-electron chi connectivity index (χ4n) is 2.66. The minimum Gasteiger partial charge on any atom is -0.392 e. The van der Waals surface area contributed by atoms with Gasteiger partial charge < -0.3 is 5.11 Å². The quantitative estimate of drug-likeness (QED) is 0.867. The van der Waals surface area contributed by atoms with Crippen LogP contribution in [0.1, 0.15) is 25.8 Å². The topological polar surface area (TPSA) is 23.5 Å². The third-order valence-corrected chi connectivity index (χ3v) is 3.73. The zero-order valence-corrected chi connectivity index (χ0v) is 10.8. The molecule has 1 aliphatic rings. The molecule has 0 unspecified atom stereocenters. The molecule has 94 valence electrons. The number of nitrogens with zero attached hydrogens (tertiary/aromatic N) is 1. The van der Waals surface area contributed by atoms with Crippen molar-refractivity contribution in [1.82, 2.24) is 4.90 Å². The largest absolute Gasteiger partial charge is 0.392 e. The second kappa shape index (κ2) is 5.65. The number of aliphatic hydroxyl groups is 1. The van der Waals surface area contributed by atoms with Gasteiger partial charge in [-0.2, -0.15) is 0 Å². The number of rotatable bonds is 3. The second-order valence-electron chi connectivity index (χ2n) is 5.57. The Bertz CT molecular complexity index is 336. The number of aliphatic hydroxyl groups excluding tert-OH is 1. The van der Waals surface area contributed by atoms with E-state index in [0.29, 0.717) is 11.8 Å². The maximum atomic E-state index is 9.94. The standard InChI is InChI=1S/C15H23NO/c1-12(2)14-8-15(17)11-16(10-14)9-13-6-4-3-5-7-13/h3-7,12,14-15,17H,8-11H2,1-2H3/t14-,15+/m0/s1. The molecule has 2 heteroatoms. The molecule has 2 atom stereocenters. The normalized spacial score (nSPS) is 26.4. The summed E-state index contributed by atoms with van der Waals surface area (Å²) in [5, 5.41) is 9.94. The zero-order valence-electron chi connectivity index (χ0n) is 10.8. The summed E-state index contributed by atoms with van der Waals surface area (Å²) in [5.74, 6) is 1.28. The van der Waals surface area contributed by atoms with Gasteiger partial charge in [0.15, 0.2) is 0 Å². The Balaban J connectivity index is 1.96. The summed E-state index contributed by atoms with van der Waals surface area (Å²) in [7, 11) is 0. The fraction of sp³-hybridized carbons (Fsp3) is 0.600. The van der Waals surface area contributed by atoms with Crippen LogP contribution in [0.3, 0.4) is 0 Å².